The fourth-order valence-electron chi connectivity index (χ4n) is 2.53. The third-order valence-corrected chi connectivity index (χ3v) is 5.04. The Balaban J connectivity index is 0.000000412. The number of carbonyl (C=O) groups is 3. The Hall–Kier alpha value is -3.24. The lowest BCUT2D eigenvalue weighted by Gasteiger charge is -2.17. The number of hydrogen-bond acceptors (Lipinski definition) is 7. The maximum Gasteiger partial charge on any atom is 0.328 e. The Morgan fingerprint density at radius 2 is 1.52 bits per heavy atom. The van der Waals surface area contributed by atoms with Crippen LogP contribution in [0.15, 0.2) is 59.5 Å². The Kier molecular flexibility index (Phi) is 11.8. The van der Waals surface area contributed by atoms with E-state index >= 15 is 0 Å². The van der Waals surface area contributed by atoms with Crippen LogP contribution >= 0.6 is 0 Å². The molecular formula is C23H29NO8S. The molecule has 0 unspecified atom stereocenters. The summed E-state index contributed by atoms with van der Waals surface area (Å²) in [5, 5.41) is 2.59. The molecule has 0 radical (unpaired) electrons. The number of benzene rings is 2. The summed E-state index contributed by atoms with van der Waals surface area (Å²) in [4.78, 5) is 35.3. The van der Waals surface area contributed by atoms with Crippen LogP contribution in [-0.2, 0) is 29.2 Å². The zero-order valence-corrected chi connectivity index (χ0v) is 19.6. The lowest BCUT2D eigenvalue weighted by molar-refractivity contribution is -0.146. The van der Waals surface area contributed by atoms with Crippen molar-refractivity contribution in [3.05, 3.63) is 65.7 Å². The maximum atomic E-state index is 12.1. The number of ether oxygens (including phenoxy) is 2. The number of rotatable bonds is 9. The monoisotopic (exact) mass is 479 g/mol. The van der Waals surface area contributed by atoms with Crippen molar-refractivity contribution >= 4 is 28.0 Å². The number of esters is 2. The minimum atomic E-state index is -4.02. The molecule has 0 heterocycles. The molecule has 2 rings (SSSR count). The zero-order chi connectivity index (χ0) is 24.9. The van der Waals surface area contributed by atoms with Crippen molar-refractivity contribution in [1.82, 2.24) is 5.32 Å². The summed E-state index contributed by atoms with van der Waals surface area (Å²) in [5.41, 5.74) is 1.39. The van der Waals surface area contributed by atoms with Crippen molar-refractivity contribution < 1.29 is 36.8 Å². The maximum absolute atomic E-state index is 12.1. The molecule has 2 N–H and O–H groups in total. The van der Waals surface area contributed by atoms with E-state index < -0.39 is 28.1 Å². The number of nitrogens with one attached hydrogen (secondary N) is 1. The zero-order valence-electron chi connectivity index (χ0n) is 18.8. The fraction of sp³-hybridized carbons (Fsp3) is 0.348. The molecular weight excluding hydrogens is 450 g/mol. The van der Waals surface area contributed by atoms with E-state index in [2.05, 4.69) is 5.32 Å². The van der Waals surface area contributed by atoms with Crippen molar-refractivity contribution in [3.63, 3.8) is 0 Å². The first-order chi connectivity index (χ1) is 15.6. The molecule has 2 aromatic rings. The Labute approximate surface area is 193 Å². The first-order valence-corrected chi connectivity index (χ1v) is 11.7. The summed E-state index contributed by atoms with van der Waals surface area (Å²) in [7, 11) is -4.02. The molecule has 0 aliphatic rings. The molecule has 180 valence electrons. The molecule has 0 aliphatic heterocycles. The van der Waals surface area contributed by atoms with Crippen LogP contribution < -0.4 is 5.32 Å². The van der Waals surface area contributed by atoms with Gasteiger partial charge in [-0.15, -0.1) is 0 Å². The van der Waals surface area contributed by atoms with Gasteiger partial charge in [-0.3, -0.25) is 14.1 Å². The first-order valence-electron chi connectivity index (χ1n) is 10.3. The second-order valence-electron chi connectivity index (χ2n) is 6.78. The third kappa shape index (κ3) is 10.8. The first kappa shape index (κ1) is 27.8. The smallest absolute Gasteiger partial charge is 0.328 e. The fourth-order valence-corrected chi connectivity index (χ4v) is 3.01. The van der Waals surface area contributed by atoms with Crippen molar-refractivity contribution in [3.8, 4) is 0 Å². The van der Waals surface area contributed by atoms with Gasteiger partial charge in [0.2, 0.25) is 0 Å². The van der Waals surface area contributed by atoms with Gasteiger partial charge in [-0.2, -0.15) is 8.42 Å². The van der Waals surface area contributed by atoms with Gasteiger partial charge in [0, 0.05) is 12.0 Å². The molecule has 1 amide bonds. The van der Waals surface area contributed by atoms with Crippen LogP contribution in [0.5, 0.6) is 0 Å². The summed E-state index contributed by atoms with van der Waals surface area (Å²) >= 11 is 0. The minimum absolute atomic E-state index is 0.0341. The van der Waals surface area contributed by atoms with Gasteiger partial charge < -0.3 is 14.8 Å². The van der Waals surface area contributed by atoms with Crippen LogP contribution in [-0.4, -0.2) is 50.1 Å². The molecule has 0 fully saturated rings. The standard InChI is InChI=1S/C16H21NO5.C7H8O3S/c1-3-21-14(18)11-10-13(16(20)22-4-2)17-15(19)12-8-6-5-7-9-12;1-6-2-4-7(5-3-6)11(8,9)10/h5-9,13H,3-4,10-11H2,1-2H3,(H,17,19);2-5H,1H3,(H,8,9,10)/t13-;/m0./s1. The Bertz CT molecular complexity index is 1000. The minimum Gasteiger partial charge on any atom is -0.466 e. The molecule has 1 atom stereocenters. The third-order valence-electron chi connectivity index (χ3n) is 4.17. The lowest BCUT2D eigenvalue weighted by Crippen LogP contribution is -2.42. The normalized spacial score (nSPS) is 11.4. The SMILES string of the molecule is CCOC(=O)CC[C@H](NC(=O)c1ccccc1)C(=O)OCC.Cc1ccc(S(=O)(=O)O)cc1. The highest BCUT2D eigenvalue weighted by Crippen LogP contribution is 2.08. The number of amides is 1. The van der Waals surface area contributed by atoms with Crippen LogP contribution in [0, 0.1) is 6.92 Å². The molecule has 0 bridgehead atoms. The Morgan fingerprint density at radius 3 is 2.03 bits per heavy atom. The molecule has 0 saturated heterocycles. The summed E-state index contributed by atoms with van der Waals surface area (Å²) in [6.45, 7) is 5.71. The quantitative estimate of drug-likeness (QED) is 0.414. The van der Waals surface area contributed by atoms with Crippen molar-refractivity contribution in [2.45, 2.75) is 44.6 Å². The molecule has 0 aliphatic carbocycles. The van der Waals surface area contributed by atoms with E-state index in [1.165, 1.54) is 12.1 Å². The highest BCUT2D eigenvalue weighted by Gasteiger charge is 2.23. The van der Waals surface area contributed by atoms with Gasteiger partial charge in [-0.05, 0) is 51.5 Å². The van der Waals surface area contributed by atoms with Gasteiger partial charge in [0.25, 0.3) is 16.0 Å². The molecule has 9 nitrogen and oxygen atoms in total. The van der Waals surface area contributed by atoms with Crippen LogP contribution in [0.2, 0.25) is 0 Å². The lowest BCUT2D eigenvalue weighted by atomic mass is 10.1. The summed E-state index contributed by atoms with van der Waals surface area (Å²) < 4.78 is 39.3. The van der Waals surface area contributed by atoms with Crippen LogP contribution in [0.4, 0.5) is 0 Å². The van der Waals surface area contributed by atoms with Gasteiger partial charge in [0.1, 0.15) is 6.04 Å². The topological polar surface area (TPSA) is 136 Å². The summed E-state index contributed by atoms with van der Waals surface area (Å²) in [6, 6.07) is 13.6. The molecule has 10 heteroatoms. The van der Waals surface area contributed by atoms with E-state index in [1.54, 1.807) is 56.3 Å². The van der Waals surface area contributed by atoms with Gasteiger partial charge >= 0.3 is 11.9 Å². The average Bonchev–Trinajstić information content (AvgIpc) is 2.77. The van der Waals surface area contributed by atoms with E-state index in [9.17, 15) is 22.8 Å². The van der Waals surface area contributed by atoms with Crippen molar-refractivity contribution in [2.24, 2.45) is 0 Å². The van der Waals surface area contributed by atoms with E-state index in [1.807, 2.05) is 6.92 Å². The van der Waals surface area contributed by atoms with Gasteiger partial charge in [-0.25, -0.2) is 4.79 Å². The second kappa shape index (κ2) is 14.0. The predicted molar refractivity (Wildman–Crippen MR) is 121 cm³/mol. The number of hydrogen-bond donors (Lipinski definition) is 2. The molecule has 0 spiro atoms. The van der Waals surface area contributed by atoms with Crippen LogP contribution in [0.3, 0.4) is 0 Å². The largest absolute Gasteiger partial charge is 0.466 e. The molecule has 33 heavy (non-hydrogen) atoms. The van der Waals surface area contributed by atoms with E-state index in [0.717, 1.165) is 5.56 Å². The van der Waals surface area contributed by atoms with E-state index in [4.69, 9.17) is 14.0 Å². The number of aryl methyl sites for hydroxylation is 1. The highest BCUT2D eigenvalue weighted by atomic mass is 32.2. The average molecular weight is 480 g/mol. The van der Waals surface area contributed by atoms with Gasteiger partial charge in [-0.1, -0.05) is 35.9 Å². The Morgan fingerprint density at radius 1 is 0.939 bits per heavy atom. The molecule has 0 saturated carbocycles. The van der Waals surface area contributed by atoms with Crippen LogP contribution in [0.1, 0.15) is 42.6 Å². The summed E-state index contributed by atoms with van der Waals surface area (Å²) in [5.74, 6) is -1.36. The van der Waals surface area contributed by atoms with Crippen molar-refractivity contribution in [1.29, 1.82) is 0 Å². The second-order valence-corrected chi connectivity index (χ2v) is 8.20. The van der Waals surface area contributed by atoms with E-state index in [0.29, 0.717) is 5.56 Å². The van der Waals surface area contributed by atoms with E-state index in [-0.39, 0.29) is 36.9 Å². The summed E-state index contributed by atoms with van der Waals surface area (Å²) in [6.07, 6.45) is 0.169. The number of carbonyl (C=O) groups excluding carboxylic acids is 3. The molecule has 2 aromatic carbocycles. The van der Waals surface area contributed by atoms with Gasteiger partial charge in [0.15, 0.2) is 0 Å². The predicted octanol–water partition coefficient (Wildman–Crippen LogP) is 2.93. The van der Waals surface area contributed by atoms with Gasteiger partial charge in [0.05, 0.1) is 18.1 Å². The molecule has 0 aromatic heterocycles. The van der Waals surface area contributed by atoms with Crippen LogP contribution in [0.25, 0.3) is 0 Å². The highest BCUT2D eigenvalue weighted by molar-refractivity contribution is 7.85. The van der Waals surface area contributed by atoms with Crippen molar-refractivity contribution in [2.75, 3.05) is 13.2 Å².